The Labute approximate surface area is 89.9 Å². The standard InChI is InChI=1S/C11H16ClNO/c1-9(8-14)13-6-5-10-3-2-4-11(12)7-10/h2-4,7,9,13-14H,5-6,8H2,1H3. The zero-order valence-electron chi connectivity index (χ0n) is 8.33. The zero-order valence-corrected chi connectivity index (χ0v) is 9.09. The van der Waals surface area contributed by atoms with E-state index >= 15 is 0 Å². The van der Waals surface area contributed by atoms with Crippen molar-refractivity contribution in [3.05, 3.63) is 34.9 Å². The van der Waals surface area contributed by atoms with Gasteiger partial charge in [0.15, 0.2) is 0 Å². The maximum Gasteiger partial charge on any atom is 0.0581 e. The van der Waals surface area contributed by atoms with E-state index in [1.807, 2.05) is 25.1 Å². The Bertz CT molecular complexity index is 278. The first-order chi connectivity index (χ1) is 6.72. The summed E-state index contributed by atoms with van der Waals surface area (Å²) in [5.41, 5.74) is 1.22. The molecule has 1 atom stereocenters. The predicted molar refractivity (Wildman–Crippen MR) is 59.7 cm³/mol. The largest absolute Gasteiger partial charge is 0.395 e. The fourth-order valence-corrected chi connectivity index (χ4v) is 1.43. The average molecular weight is 214 g/mol. The van der Waals surface area contributed by atoms with Gasteiger partial charge >= 0.3 is 0 Å². The van der Waals surface area contributed by atoms with E-state index in [2.05, 4.69) is 11.4 Å². The van der Waals surface area contributed by atoms with E-state index in [9.17, 15) is 0 Å². The zero-order chi connectivity index (χ0) is 10.4. The minimum absolute atomic E-state index is 0.161. The van der Waals surface area contributed by atoms with Crippen molar-refractivity contribution in [1.29, 1.82) is 0 Å². The summed E-state index contributed by atoms with van der Waals surface area (Å²) < 4.78 is 0. The Morgan fingerprint density at radius 2 is 2.29 bits per heavy atom. The Kier molecular flexibility index (Phi) is 4.94. The molecular formula is C11H16ClNO. The van der Waals surface area contributed by atoms with Gasteiger partial charge in [0, 0.05) is 11.1 Å². The maximum absolute atomic E-state index is 8.79. The molecule has 0 spiro atoms. The Morgan fingerprint density at radius 1 is 1.50 bits per heavy atom. The Hall–Kier alpha value is -0.570. The summed E-state index contributed by atoms with van der Waals surface area (Å²) in [7, 11) is 0. The van der Waals surface area contributed by atoms with Crippen LogP contribution in [0.25, 0.3) is 0 Å². The second-order valence-electron chi connectivity index (χ2n) is 3.42. The molecule has 0 heterocycles. The third-order valence-corrected chi connectivity index (χ3v) is 2.30. The highest BCUT2D eigenvalue weighted by molar-refractivity contribution is 6.30. The smallest absolute Gasteiger partial charge is 0.0581 e. The van der Waals surface area contributed by atoms with Crippen LogP contribution in [0.3, 0.4) is 0 Å². The fourth-order valence-electron chi connectivity index (χ4n) is 1.22. The lowest BCUT2D eigenvalue weighted by atomic mass is 10.1. The number of aliphatic hydroxyl groups excluding tert-OH is 1. The molecule has 0 saturated carbocycles. The highest BCUT2D eigenvalue weighted by atomic mass is 35.5. The van der Waals surface area contributed by atoms with Gasteiger partial charge in [0.25, 0.3) is 0 Å². The normalized spacial score (nSPS) is 12.8. The Morgan fingerprint density at radius 3 is 2.93 bits per heavy atom. The second kappa shape index (κ2) is 6.02. The van der Waals surface area contributed by atoms with Gasteiger partial charge in [-0.1, -0.05) is 23.7 Å². The molecule has 2 nitrogen and oxygen atoms in total. The predicted octanol–water partition coefficient (Wildman–Crippen LogP) is 1.85. The monoisotopic (exact) mass is 213 g/mol. The third kappa shape index (κ3) is 4.09. The highest BCUT2D eigenvalue weighted by Gasteiger charge is 1.98. The van der Waals surface area contributed by atoms with Crippen LogP contribution in [0.15, 0.2) is 24.3 Å². The average Bonchev–Trinajstić information content (AvgIpc) is 2.17. The summed E-state index contributed by atoms with van der Waals surface area (Å²) in [6.07, 6.45) is 0.935. The van der Waals surface area contributed by atoms with Crippen LogP contribution in [0.5, 0.6) is 0 Å². The Balaban J connectivity index is 2.31. The fraction of sp³-hybridized carbons (Fsp3) is 0.455. The van der Waals surface area contributed by atoms with Crippen molar-refractivity contribution in [2.24, 2.45) is 0 Å². The second-order valence-corrected chi connectivity index (χ2v) is 3.85. The van der Waals surface area contributed by atoms with Gasteiger partial charge in [-0.15, -0.1) is 0 Å². The number of halogens is 1. The lowest BCUT2D eigenvalue weighted by Crippen LogP contribution is -2.30. The summed E-state index contributed by atoms with van der Waals surface area (Å²) in [6.45, 7) is 3.00. The molecule has 1 aromatic carbocycles. The molecule has 0 bridgehead atoms. The highest BCUT2D eigenvalue weighted by Crippen LogP contribution is 2.10. The molecule has 0 saturated heterocycles. The van der Waals surface area contributed by atoms with Crippen LogP contribution in [0.2, 0.25) is 5.02 Å². The molecule has 0 aromatic heterocycles. The quantitative estimate of drug-likeness (QED) is 0.783. The van der Waals surface area contributed by atoms with Crippen molar-refractivity contribution >= 4 is 11.6 Å². The molecule has 1 unspecified atom stereocenters. The topological polar surface area (TPSA) is 32.3 Å². The van der Waals surface area contributed by atoms with Crippen LogP contribution in [-0.4, -0.2) is 24.3 Å². The SMILES string of the molecule is CC(CO)NCCc1cccc(Cl)c1. The molecule has 14 heavy (non-hydrogen) atoms. The molecule has 1 aromatic rings. The maximum atomic E-state index is 8.79. The molecular weight excluding hydrogens is 198 g/mol. The summed E-state index contributed by atoms with van der Waals surface area (Å²) >= 11 is 5.85. The third-order valence-electron chi connectivity index (χ3n) is 2.07. The van der Waals surface area contributed by atoms with Gasteiger partial charge in [-0.25, -0.2) is 0 Å². The summed E-state index contributed by atoms with van der Waals surface area (Å²) in [5, 5.41) is 12.8. The van der Waals surface area contributed by atoms with Gasteiger partial charge in [0.05, 0.1) is 6.61 Å². The molecule has 78 valence electrons. The minimum Gasteiger partial charge on any atom is -0.395 e. The van der Waals surface area contributed by atoms with Crippen molar-refractivity contribution < 1.29 is 5.11 Å². The molecule has 0 aliphatic heterocycles. The van der Waals surface area contributed by atoms with E-state index in [1.165, 1.54) is 5.56 Å². The van der Waals surface area contributed by atoms with E-state index in [0.29, 0.717) is 0 Å². The van der Waals surface area contributed by atoms with Gasteiger partial charge in [-0.05, 0) is 37.6 Å². The molecule has 2 N–H and O–H groups in total. The van der Waals surface area contributed by atoms with Crippen molar-refractivity contribution in [2.45, 2.75) is 19.4 Å². The lowest BCUT2D eigenvalue weighted by Gasteiger charge is -2.10. The van der Waals surface area contributed by atoms with Crippen LogP contribution < -0.4 is 5.32 Å². The molecule has 1 rings (SSSR count). The molecule has 0 amide bonds. The van der Waals surface area contributed by atoms with E-state index in [1.54, 1.807) is 0 Å². The van der Waals surface area contributed by atoms with Crippen molar-refractivity contribution in [3.8, 4) is 0 Å². The van der Waals surface area contributed by atoms with E-state index in [-0.39, 0.29) is 12.6 Å². The van der Waals surface area contributed by atoms with E-state index in [0.717, 1.165) is 18.0 Å². The summed E-state index contributed by atoms with van der Waals surface area (Å²) in [5.74, 6) is 0. The molecule has 0 aliphatic rings. The van der Waals surface area contributed by atoms with E-state index < -0.39 is 0 Å². The first-order valence-electron chi connectivity index (χ1n) is 4.81. The first-order valence-corrected chi connectivity index (χ1v) is 5.19. The number of rotatable bonds is 5. The minimum atomic E-state index is 0.161. The number of nitrogens with one attached hydrogen (secondary N) is 1. The van der Waals surface area contributed by atoms with Crippen LogP contribution in [0, 0.1) is 0 Å². The lowest BCUT2D eigenvalue weighted by molar-refractivity contribution is 0.252. The van der Waals surface area contributed by atoms with Crippen LogP contribution in [-0.2, 0) is 6.42 Å². The number of benzene rings is 1. The number of aliphatic hydroxyl groups is 1. The van der Waals surface area contributed by atoms with Gasteiger partial charge in [0.1, 0.15) is 0 Å². The van der Waals surface area contributed by atoms with Crippen molar-refractivity contribution in [3.63, 3.8) is 0 Å². The van der Waals surface area contributed by atoms with Gasteiger partial charge in [-0.2, -0.15) is 0 Å². The van der Waals surface area contributed by atoms with Crippen LogP contribution in [0.4, 0.5) is 0 Å². The van der Waals surface area contributed by atoms with Crippen molar-refractivity contribution in [2.75, 3.05) is 13.2 Å². The van der Waals surface area contributed by atoms with Gasteiger partial charge in [0.2, 0.25) is 0 Å². The summed E-state index contributed by atoms with van der Waals surface area (Å²) in [4.78, 5) is 0. The molecule has 3 heteroatoms. The molecule has 0 aliphatic carbocycles. The number of hydrogen-bond donors (Lipinski definition) is 2. The van der Waals surface area contributed by atoms with Gasteiger partial charge < -0.3 is 10.4 Å². The van der Waals surface area contributed by atoms with Gasteiger partial charge in [-0.3, -0.25) is 0 Å². The molecule has 0 fully saturated rings. The molecule has 0 radical (unpaired) electrons. The van der Waals surface area contributed by atoms with Crippen molar-refractivity contribution in [1.82, 2.24) is 5.32 Å². The van der Waals surface area contributed by atoms with Crippen LogP contribution in [0.1, 0.15) is 12.5 Å². The first kappa shape index (κ1) is 11.5. The summed E-state index contributed by atoms with van der Waals surface area (Å²) in [6, 6.07) is 8.00. The van der Waals surface area contributed by atoms with Crippen LogP contribution >= 0.6 is 11.6 Å². The van der Waals surface area contributed by atoms with E-state index in [4.69, 9.17) is 16.7 Å². The number of hydrogen-bond acceptors (Lipinski definition) is 2.